The summed E-state index contributed by atoms with van der Waals surface area (Å²) in [6.45, 7) is 1.78. The Balaban J connectivity index is 2.33. The highest BCUT2D eigenvalue weighted by atomic mass is 35.5. The van der Waals surface area contributed by atoms with E-state index in [0.29, 0.717) is 5.02 Å². The fourth-order valence-corrected chi connectivity index (χ4v) is 2.15. The first kappa shape index (κ1) is 12.7. The zero-order valence-electron chi connectivity index (χ0n) is 9.84. The molecule has 1 aromatic rings. The molecular weight excluding hydrogens is 250 g/mol. The number of anilines is 1. The number of aliphatic carboxylic acids is 1. The van der Waals surface area contributed by atoms with Crippen LogP contribution in [0.1, 0.15) is 12.0 Å². The van der Waals surface area contributed by atoms with Crippen LogP contribution >= 0.6 is 11.6 Å². The lowest BCUT2D eigenvalue weighted by molar-refractivity contribution is -0.131. The summed E-state index contributed by atoms with van der Waals surface area (Å²) in [5, 5.41) is 9.31. The number of carbonyl (C=O) groups is 1. The van der Waals surface area contributed by atoms with E-state index in [4.69, 9.17) is 16.7 Å². The summed E-state index contributed by atoms with van der Waals surface area (Å²) in [6.07, 6.45) is 7.99. The minimum absolute atomic E-state index is 0.608. The largest absolute Gasteiger partial charge is 0.478 e. The summed E-state index contributed by atoms with van der Waals surface area (Å²) in [6, 6.07) is 5.55. The number of nitrogens with zero attached hydrogens (tertiary/aromatic N) is 1. The second kappa shape index (κ2) is 5.74. The summed E-state index contributed by atoms with van der Waals surface area (Å²) in [4.78, 5) is 12.8. The second-order valence-corrected chi connectivity index (χ2v) is 4.52. The molecule has 0 unspecified atom stereocenters. The minimum Gasteiger partial charge on any atom is -0.478 e. The molecule has 0 saturated heterocycles. The number of halogens is 1. The predicted octanol–water partition coefficient (Wildman–Crippen LogP) is 3.20. The van der Waals surface area contributed by atoms with Crippen LogP contribution in [0.4, 0.5) is 5.69 Å². The van der Waals surface area contributed by atoms with Crippen LogP contribution in [0, 0.1) is 0 Å². The Morgan fingerprint density at radius 2 is 2.22 bits per heavy atom. The molecule has 0 aromatic heterocycles. The molecule has 4 heteroatoms. The summed E-state index contributed by atoms with van der Waals surface area (Å²) in [7, 11) is 0. The number of carboxylic acid groups (broad SMARTS) is 1. The van der Waals surface area contributed by atoms with Crippen molar-refractivity contribution in [2.45, 2.75) is 6.42 Å². The third-order valence-corrected chi connectivity index (χ3v) is 3.03. The van der Waals surface area contributed by atoms with Gasteiger partial charge in [0.15, 0.2) is 0 Å². The minimum atomic E-state index is -0.959. The molecule has 0 amide bonds. The van der Waals surface area contributed by atoms with E-state index in [1.54, 1.807) is 12.1 Å². The SMILES string of the molecule is O=C(O)/C=C/c1cc(Cl)ccc1N1CC=CCC1. The molecule has 0 saturated carbocycles. The first-order chi connectivity index (χ1) is 8.66. The first-order valence-corrected chi connectivity index (χ1v) is 6.15. The van der Waals surface area contributed by atoms with Crippen LogP contribution in [0.2, 0.25) is 5.02 Å². The molecule has 3 nitrogen and oxygen atoms in total. The van der Waals surface area contributed by atoms with Gasteiger partial charge in [-0.25, -0.2) is 4.79 Å². The van der Waals surface area contributed by atoms with Gasteiger partial charge in [-0.05, 0) is 36.3 Å². The van der Waals surface area contributed by atoms with Gasteiger partial charge >= 0.3 is 5.97 Å². The van der Waals surface area contributed by atoms with Crippen LogP contribution in [-0.2, 0) is 4.79 Å². The number of benzene rings is 1. The fraction of sp³-hybridized carbons (Fsp3) is 0.214. The highest BCUT2D eigenvalue weighted by Crippen LogP contribution is 2.26. The molecule has 2 rings (SSSR count). The highest BCUT2D eigenvalue weighted by Gasteiger charge is 2.11. The summed E-state index contributed by atoms with van der Waals surface area (Å²) >= 11 is 5.96. The van der Waals surface area contributed by atoms with Gasteiger partial charge in [-0.3, -0.25) is 0 Å². The Hall–Kier alpha value is -1.74. The zero-order chi connectivity index (χ0) is 13.0. The van der Waals surface area contributed by atoms with E-state index in [2.05, 4.69) is 17.1 Å². The van der Waals surface area contributed by atoms with Gasteiger partial charge in [-0.2, -0.15) is 0 Å². The van der Waals surface area contributed by atoms with Crippen LogP contribution in [0.15, 0.2) is 36.4 Å². The van der Waals surface area contributed by atoms with Crippen LogP contribution in [0.25, 0.3) is 6.08 Å². The Labute approximate surface area is 111 Å². The lowest BCUT2D eigenvalue weighted by Gasteiger charge is -2.27. The number of carboxylic acids is 1. The molecular formula is C14H14ClNO2. The average molecular weight is 264 g/mol. The van der Waals surface area contributed by atoms with Crippen molar-refractivity contribution in [1.82, 2.24) is 0 Å². The molecule has 1 aromatic carbocycles. The van der Waals surface area contributed by atoms with Crippen molar-refractivity contribution in [1.29, 1.82) is 0 Å². The van der Waals surface area contributed by atoms with E-state index in [1.165, 1.54) is 0 Å². The van der Waals surface area contributed by atoms with Crippen molar-refractivity contribution in [2.75, 3.05) is 18.0 Å². The Morgan fingerprint density at radius 3 is 2.89 bits per heavy atom. The van der Waals surface area contributed by atoms with Gasteiger partial charge in [0.1, 0.15) is 0 Å². The molecule has 0 fully saturated rings. The van der Waals surface area contributed by atoms with Crippen molar-refractivity contribution in [2.24, 2.45) is 0 Å². The zero-order valence-corrected chi connectivity index (χ0v) is 10.6. The van der Waals surface area contributed by atoms with Crippen molar-refractivity contribution < 1.29 is 9.90 Å². The second-order valence-electron chi connectivity index (χ2n) is 4.08. The van der Waals surface area contributed by atoms with Crippen molar-refractivity contribution in [3.63, 3.8) is 0 Å². The third kappa shape index (κ3) is 3.14. The van der Waals surface area contributed by atoms with Crippen LogP contribution in [-0.4, -0.2) is 24.2 Å². The molecule has 0 spiro atoms. The third-order valence-electron chi connectivity index (χ3n) is 2.79. The molecule has 1 aliphatic heterocycles. The number of rotatable bonds is 3. The molecule has 0 radical (unpaired) electrons. The van der Waals surface area contributed by atoms with Gasteiger partial charge in [0.05, 0.1) is 0 Å². The first-order valence-electron chi connectivity index (χ1n) is 5.77. The molecule has 0 bridgehead atoms. The van der Waals surface area contributed by atoms with Crippen molar-refractivity contribution in [3.8, 4) is 0 Å². The van der Waals surface area contributed by atoms with E-state index in [-0.39, 0.29) is 0 Å². The van der Waals surface area contributed by atoms with Crippen molar-refractivity contribution >= 4 is 29.3 Å². The van der Waals surface area contributed by atoms with E-state index in [9.17, 15) is 4.79 Å². The maximum absolute atomic E-state index is 10.6. The maximum atomic E-state index is 10.6. The van der Waals surface area contributed by atoms with Gasteiger partial charge in [0, 0.05) is 29.9 Å². The van der Waals surface area contributed by atoms with Crippen LogP contribution < -0.4 is 4.90 Å². The standard InChI is InChI=1S/C14H14ClNO2/c15-12-5-6-13(16-8-2-1-3-9-16)11(10-12)4-7-14(17)18/h1-2,4-7,10H,3,8-9H2,(H,17,18)/b7-4+. The highest BCUT2D eigenvalue weighted by molar-refractivity contribution is 6.30. The fourth-order valence-electron chi connectivity index (χ4n) is 1.97. The maximum Gasteiger partial charge on any atom is 0.328 e. The monoisotopic (exact) mass is 263 g/mol. The number of hydrogen-bond acceptors (Lipinski definition) is 2. The normalized spacial score (nSPS) is 15.3. The topological polar surface area (TPSA) is 40.5 Å². The number of hydrogen-bond donors (Lipinski definition) is 1. The molecule has 1 heterocycles. The van der Waals surface area contributed by atoms with E-state index in [0.717, 1.165) is 36.8 Å². The summed E-state index contributed by atoms with van der Waals surface area (Å²) in [5.74, 6) is -0.959. The lowest BCUT2D eigenvalue weighted by Crippen LogP contribution is -2.27. The smallest absolute Gasteiger partial charge is 0.328 e. The summed E-state index contributed by atoms with van der Waals surface area (Å²) < 4.78 is 0. The quantitative estimate of drug-likeness (QED) is 0.672. The molecule has 0 atom stereocenters. The van der Waals surface area contributed by atoms with Crippen LogP contribution in [0.5, 0.6) is 0 Å². The summed E-state index contributed by atoms with van der Waals surface area (Å²) in [5.41, 5.74) is 1.85. The predicted molar refractivity (Wildman–Crippen MR) is 74.1 cm³/mol. The van der Waals surface area contributed by atoms with E-state index < -0.39 is 5.97 Å². The molecule has 1 aliphatic rings. The van der Waals surface area contributed by atoms with Gasteiger partial charge < -0.3 is 10.0 Å². The Morgan fingerprint density at radius 1 is 1.39 bits per heavy atom. The van der Waals surface area contributed by atoms with E-state index >= 15 is 0 Å². The van der Waals surface area contributed by atoms with Gasteiger partial charge in [0.25, 0.3) is 0 Å². The van der Waals surface area contributed by atoms with Crippen molar-refractivity contribution in [3.05, 3.63) is 47.0 Å². The molecule has 94 valence electrons. The molecule has 18 heavy (non-hydrogen) atoms. The Bertz CT molecular complexity index is 509. The lowest BCUT2D eigenvalue weighted by atomic mass is 10.1. The van der Waals surface area contributed by atoms with Crippen LogP contribution in [0.3, 0.4) is 0 Å². The van der Waals surface area contributed by atoms with Gasteiger partial charge in [-0.1, -0.05) is 23.8 Å². The molecule has 0 aliphatic carbocycles. The molecule has 1 N–H and O–H groups in total. The average Bonchev–Trinajstić information content (AvgIpc) is 2.37. The van der Waals surface area contributed by atoms with Gasteiger partial charge in [0.2, 0.25) is 0 Å². The van der Waals surface area contributed by atoms with Gasteiger partial charge in [-0.15, -0.1) is 0 Å². The van der Waals surface area contributed by atoms with E-state index in [1.807, 2.05) is 12.1 Å². The Kier molecular flexibility index (Phi) is 4.05.